The SMILES string of the molecule is Cc1ccc(-c2csc3ncn(CCC(=O)Nc4nc5c(s4)CN(C)CC5)c(=O)c23)cc1. The lowest BCUT2D eigenvalue weighted by Gasteiger charge is -2.20. The van der Waals surface area contributed by atoms with Crippen LogP contribution in [0, 0.1) is 6.92 Å². The molecule has 0 saturated carbocycles. The van der Waals surface area contributed by atoms with E-state index in [0.717, 1.165) is 36.3 Å². The zero-order valence-corrected chi connectivity index (χ0v) is 19.6. The molecule has 0 fully saturated rings. The van der Waals surface area contributed by atoms with Gasteiger partial charge in [0, 0.05) is 48.3 Å². The lowest BCUT2D eigenvalue weighted by molar-refractivity contribution is -0.116. The fourth-order valence-electron chi connectivity index (χ4n) is 3.85. The highest BCUT2D eigenvalue weighted by Gasteiger charge is 2.19. The number of thiophene rings is 1. The second kappa shape index (κ2) is 8.57. The van der Waals surface area contributed by atoms with Gasteiger partial charge in [0.1, 0.15) is 4.83 Å². The van der Waals surface area contributed by atoms with Crippen molar-refractivity contribution in [1.82, 2.24) is 19.4 Å². The number of thiazole rings is 1. The van der Waals surface area contributed by atoms with Crippen molar-refractivity contribution < 1.29 is 4.79 Å². The largest absolute Gasteiger partial charge is 0.302 e. The van der Waals surface area contributed by atoms with Crippen LogP contribution in [0.4, 0.5) is 5.13 Å². The number of hydrogen-bond acceptors (Lipinski definition) is 7. The van der Waals surface area contributed by atoms with E-state index in [9.17, 15) is 9.59 Å². The molecule has 4 heterocycles. The van der Waals surface area contributed by atoms with Crippen molar-refractivity contribution in [2.45, 2.75) is 32.9 Å². The highest BCUT2D eigenvalue weighted by atomic mass is 32.1. The minimum atomic E-state index is -0.152. The van der Waals surface area contributed by atoms with Gasteiger partial charge in [0.2, 0.25) is 5.91 Å². The molecule has 0 spiro atoms. The zero-order chi connectivity index (χ0) is 22.2. The number of fused-ring (bicyclic) bond motifs is 2. The van der Waals surface area contributed by atoms with Gasteiger partial charge in [-0.3, -0.25) is 14.2 Å². The number of amides is 1. The monoisotopic (exact) mass is 465 g/mol. The van der Waals surface area contributed by atoms with E-state index in [4.69, 9.17) is 0 Å². The normalized spacial score (nSPS) is 13.9. The van der Waals surface area contributed by atoms with Gasteiger partial charge in [-0.05, 0) is 19.5 Å². The third kappa shape index (κ3) is 4.11. The Morgan fingerprint density at radius 2 is 2.06 bits per heavy atom. The molecule has 1 aliphatic rings. The minimum Gasteiger partial charge on any atom is -0.302 e. The average molecular weight is 466 g/mol. The summed E-state index contributed by atoms with van der Waals surface area (Å²) in [6.45, 7) is 4.16. The number of nitrogens with one attached hydrogen (secondary N) is 1. The number of hydrogen-bond donors (Lipinski definition) is 1. The number of carbonyl (C=O) groups is 1. The van der Waals surface area contributed by atoms with Crippen molar-refractivity contribution in [1.29, 1.82) is 0 Å². The van der Waals surface area contributed by atoms with E-state index in [1.54, 1.807) is 0 Å². The third-order valence-electron chi connectivity index (χ3n) is 5.67. The summed E-state index contributed by atoms with van der Waals surface area (Å²) in [5.74, 6) is -0.152. The quantitative estimate of drug-likeness (QED) is 0.483. The maximum absolute atomic E-state index is 13.2. The van der Waals surface area contributed by atoms with Crippen LogP contribution >= 0.6 is 22.7 Å². The maximum Gasteiger partial charge on any atom is 0.262 e. The average Bonchev–Trinajstić information content (AvgIpc) is 3.37. The Balaban J connectivity index is 1.32. The highest BCUT2D eigenvalue weighted by molar-refractivity contribution is 7.17. The molecule has 3 aromatic heterocycles. The van der Waals surface area contributed by atoms with E-state index in [2.05, 4.69) is 27.2 Å². The van der Waals surface area contributed by atoms with Crippen molar-refractivity contribution in [3.63, 3.8) is 0 Å². The summed E-state index contributed by atoms with van der Waals surface area (Å²) in [5.41, 5.74) is 4.01. The number of aromatic nitrogens is 3. The van der Waals surface area contributed by atoms with Crippen LogP contribution in [0.1, 0.15) is 22.6 Å². The van der Waals surface area contributed by atoms with Crippen LogP contribution in [0.15, 0.2) is 40.8 Å². The molecular weight excluding hydrogens is 442 g/mol. The van der Waals surface area contributed by atoms with Crippen LogP contribution in [-0.2, 0) is 24.3 Å². The van der Waals surface area contributed by atoms with Crippen LogP contribution in [0.5, 0.6) is 0 Å². The van der Waals surface area contributed by atoms with Crippen molar-refractivity contribution >= 4 is 43.9 Å². The molecule has 1 N–H and O–H groups in total. The number of carbonyl (C=O) groups excluding carboxylic acids is 1. The van der Waals surface area contributed by atoms with E-state index in [0.29, 0.717) is 15.3 Å². The van der Waals surface area contributed by atoms with Crippen molar-refractivity contribution in [2.24, 2.45) is 0 Å². The Kier molecular flexibility index (Phi) is 5.62. The molecule has 0 bridgehead atoms. The van der Waals surface area contributed by atoms with E-state index in [1.807, 2.05) is 36.6 Å². The molecule has 9 heteroatoms. The molecule has 0 radical (unpaired) electrons. The summed E-state index contributed by atoms with van der Waals surface area (Å²) < 4.78 is 1.52. The van der Waals surface area contributed by atoms with Gasteiger partial charge in [-0.2, -0.15) is 0 Å². The summed E-state index contributed by atoms with van der Waals surface area (Å²) in [4.78, 5) is 38.9. The molecule has 4 aromatic rings. The van der Waals surface area contributed by atoms with Crippen molar-refractivity contribution in [2.75, 3.05) is 18.9 Å². The molecule has 0 saturated heterocycles. The molecule has 1 amide bonds. The van der Waals surface area contributed by atoms with Gasteiger partial charge < -0.3 is 10.2 Å². The summed E-state index contributed by atoms with van der Waals surface area (Å²) in [7, 11) is 2.08. The topological polar surface area (TPSA) is 80.1 Å². The summed E-state index contributed by atoms with van der Waals surface area (Å²) >= 11 is 2.99. The first-order valence-electron chi connectivity index (χ1n) is 10.5. The molecule has 5 rings (SSSR count). The summed E-state index contributed by atoms with van der Waals surface area (Å²) in [6, 6.07) is 8.11. The molecule has 1 aliphatic heterocycles. The lowest BCUT2D eigenvalue weighted by Crippen LogP contribution is -2.25. The number of nitrogens with zero attached hydrogens (tertiary/aromatic N) is 4. The molecule has 7 nitrogen and oxygen atoms in total. The first kappa shape index (κ1) is 21.0. The molecule has 0 atom stereocenters. The number of likely N-dealkylation sites (N-methyl/N-ethyl adjacent to an activating group) is 1. The Morgan fingerprint density at radius 3 is 2.88 bits per heavy atom. The number of anilines is 1. The van der Waals surface area contributed by atoms with Gasteiger partial charge in [0.25, 0.3) is 5.56 Å². The zero-order valence-electron chi connectivity index (χ0n) is 17.9. The summed E-state index contributed by atoms with van der Waals surface area (Å²) in [6.07, 6.45) is 2.62. The van der Waals surface area contributed by atoms with Crippen LogP contribution in [0.25, 0.3) is 21.3 Å². The predicted molar refractivity (Wildman–Crippen MR) is 129 cm³/mol. The first-order valence-corrected chi connectivity index (χ1v) is 12.2. The molecular formula is C23H23N5O2S2. The van der Waals surface area contributed by atoms with Gasteiger partial charge >= 0.3 is 0 Å². The van der Waals surface area contributed by atoms with Gasteiger partial charge in [-0.1, -0.05) is 29.8 Å². The van der Waals surface area contributed by atoms with Crippen LogP contribution in [0.3, 0.4) is 0 Å². The first-order chi connectivity index (χ1) is 15.5. The van der Waals surface area contributed by atoms with Gasteiger partial charge in [0.05, 0.1) is 17.4 Å². The second-order valence-corrected chi connectivity index (χ2v) is 10.1. The number of rotatable bonds is 5. The smallest absolute Gasteiger partial charge is 0.262 e. The Morgan fingerprint density at radius 1 is 1.25 bits per heavy atom. The van der Waals surface area contributed by atoms with Crippen LogP contribution < -0.4 is 10.9 Å². The van der Waals surface area contributed by atoms with Gasteiger partial charge in [0.15, 0.2) is 5.13 Å². The standard InChI is InChI=1S/C23H23N5O2S2/c1-14-3-5-15(6-4-14)16-12-31-21-20(16)22(30)28(13-24-21)10-8-19(29)26-23-25-17-7-9-27(2)11-18(17)32-23/h3-6,12-13H,7-11H2,1-2H3,(H,25,26,29). The van der Waals surface area contributed by atoms with E-state index < -0.39 is 0 Å². The number of benzene rings is 1. The van der Waals surface area contributed by atoms with Crippen LogP contribution in [-0.4, -0.2) is 38.9 Å². The van der Waals surface area contributed by atoms with Gasteiger partial charge in [-0.25, -0.2) is 9.97 Å². The maximum atomic E-state index is 13.2. The molecule has 0 unspecified atom stereocenters. The number of aryl methyl sites for hydroxylation is 2. The van der Waals surface area contributed by atoms with Gasteiger partial charge in [-0.15, -0.1) is 22.7 Å². The Bertz CT molecular complexity index is 1350. The van der Waals surface area contributed by atoms with E-state index >= 15 is 0 Å². The lowest BCUT2D eigenvalue weighted by atomic mass is 10.1. The second-order valence-electron chi connectivity index (χ2n) is 8.11. The highest BCUT2D eigenvalue weighted by Crippen LogP contribution is 2.31. The Hall–Kier alpha value is -2.88. The molecule has 0 aliphatic carbocycles. The molecule has 1 aromatic carbocycles. The predicted octanol–water partition coefficient (Wildman–Crippen LogP) is 3.91. The summed E-state index contributed by atoms with van der Waals surface area (Å²) in [5, 5.41) is 6.11. The fraction of sp³-hybridized carbons (Fsp3) is 0.304. The van der Waals surface area contributed by atoms with Crippen molar-refractivity contribution in [3.8, 4) is 11.1 Å². The Labute approximate surface area is 193 Å². The van der Waals surface area contributed by atoms with E-state index in [1.165, 1.54) is 44.0 Å². The molecule has 164 valence electrons. The molecule has 32 heavy (non-hydrogen) atoms. The fourth-order valence-corrected chi connectivity index (χ4v) is 5.86. The third-order valence-corrected chi connectivity index (χ3v) is 7.56. The minimum absolute atomic E-state index is 0.118. The van der Waals surface area contributed by atoms with E-state index in [-0.39, 0.29) is 24.4 Å². The van der Waals surface area contributed by atoms with Crippen LogP contribution in [0.2, 0.25) is 0 Å². The van der Waals surface area contributed by atoms with Crippen molar-refractivity contribution in [3.05, 3.63) is 62.5 Å².